The van der Waals surface area contributed by atoms with Gasteiger partial charge in [0.05, 0.1) is 11.3 Å². The minimum absolute atomic E-state index is 0.146. The monoisotopic (exact) mass is 299 g/mol. The molecule has 0 saturated carbocycles. The van der Waals surface area contributed by atoms with Crippen molar-refractivity contribution in [1.29, 1.82) is 0 Å². The van der Waals surface area contributed by atoms with Gasteiger partial charge in [0.25, 0.3) is 5.91 Å². The lowest BCUT2D eigenvalue weighted by Gasteiger charge is -2.12. The highest BCUT2D eigenvalue weighted by molar-refractivity contribution is 5.94. The lowest BCUT2D eigenvalue weighted by molar-refractivity contribution is 0.0950. The van der Waals surface area contributed by atoms with Gasteiger partial charge in [0.2, 0.25) is 0 Å². The van der Waals surface area contributed by atoms with Crippen molar-refractivity contribution < 1.29 is 4.79 Å². The fraction of sp³-hybridized carbons (Fsp3) is 0.312. The van der Waals surface area contributed by atoms with Crippen LogP contribution in [0.3, 0.4) is 0 Å². The molecule has 0 spiro atoms. The molecule has 2 aromatic rings. The van der Waals surface area contributed by atoms with Gasteiger partial charge in [0, 0.05) is 44.4 Å². The van der Waals surface area contributed by atoms with E-state index >= 15 is 0 Å². The van der Waals surface area contributed by atoms with Crippen molar-refractivity contribution in [2.24, 2.45) is 0 Å². The Kier molecular flexibility index (Phi) is 5.85. The SMILES string of the molecule is CN(C)CCNc1cncc(C(=O)NCc2cccnc2)c1. The Bertz CT molecular complexity index is 600. The summed E-state index contributed by atoms with van der Waals surface area (Å²) in [5.41, 5.74) is 2.35. The van der Waals surface area contributed by atoms with E-state index in [0.29, 0.717) is 12.1 Å². The topological polar surface area (TPSA) is 70.2 Å². The first-order chi connectivity index (χ1) is 10.6. The van der Waals surface area contributed by atoms with Gasteiger partial charge < -0.3 is 15.5 Å². The predicted octanol–water partition coefficient (Wildman–Crippen LogP) is 1.38. The standard InChI is InChI=1S/C16H21N5O/c1-21(2)7-6-19-15-8-14(11-18-12-15)16(22)20-10-13-4-3-5-17-9-13/h3-5,8-9,11-12,19H,6-7,10H2,1-2H3,(H,20,22). The number of anilines is 1. The highest BCUT2D eigenvalue weighted by Gasteiger charge is 2.07. The number of likely N-dealkylation sites (N-methyl/N-ethyl adjacent to an activating group) is 1. The molecule has 6 nitrogen and oxygen atoms in total. The molecule has 0 aliphatic rings. The van der Waals surface area contributed by atoms with Gasteiger partial charge in [0.15, 0.2) is 0 Å². The van der Waals surface area contributed by atoms with E-state index in [1.807, 2.05) is 26.2 Å². The van der Waals surface area contributed by atoms with Gasteiger partial charge >= 0.3 is 0 Å². The molecule has 6 heteroatoms. The number of aromatic nitrogens is 2. The second kappa shape index (κ2) is 8.09. The molecule has 0 aromatic carbocycles. The third kappa shape index (κ3) is 5.14. The lowest BCUT2D eigenvalue weighted by atomic mass is 10.2. The van der Waals surface area contributed by atoms with E-state index in [1.165, 1.54) is 0 Å². The van der Waals surface area contributed by atoms with Crippen LogP contribution >= 0.6 is 0 Å². The van der Waals surface area contributed by atoms with Gasteiger partial charge in [-0.1, -0.05) is 6.07 Å². The van der Waals surface area contributed by atoms with E-state index in [9.17, 15) is 4.79 Å². The fourth-order valence-corrected chi connectivity index (χ4v) is 1.87. The summed E-state index contributed by atoms with van der Waals surface area (Å²) in [5.74, 6) is -0.146. The van der Waals surface area contributed by atoms with Crippen LogP contribution in [0.15, 0.2) is 43.0 Å². The second-order valence-electron chi connectivity index (χ2n) is 5.24. The average molecular weight is 299 g/mol. The Labute approximate surface area is 130 Å². The Morgan fingerprint density at radius 1 is 1.23 bits per heavy atom. The zero-order chi connectivity index (χ0) is 15.8. The number of hydrogen-bond acceptors (Lipinski definition) is 5. The molecular formula is C16H21N5O. The van der Waals surface area contributed by atoms with E-state index in [2.05, 4.69) is 25.5 Å². The third-order valence-corrected chi connectivity index (χ3v) is 3.06. The lowest BCUT2D eigenvalue weighted by Crippen LogP contribution is -2.23. The van der Waals surface area contributed by atoms with Crippen molar-refractivity contribution in [2.75, 3.05) is 32.5 Å². The molecular weight excluding hydrogens is 278 g/mol. The summed E-state index contributed by atoms with van der Waals surface area (Å²) in [6.45, 7) is 2.16. The van der Waals surface area contributed by atoms with Gasteiger partial charge in [-0.25, -0.2) is 0 Å². The summed E-state index contributed by atoms with van der Waals surface area (Å²) in [7, 11) is 4.03. The number of pyridine rings is 2. The minimum Gasteiger partial charge on any atom is -0.382 e. The van der Waals surface area contributed by atoms with E-state index in [-0.39, 0.29) is 5.91 Å². The van der Waals surface area contributed by atoms with Crippen molar-refractivity contribution in [3.63, 3.8) is 0 Å². The quantitative estimate of drug-likeness (QED) is 0.808. The maximum Gasteiger partial charge on any atom is 0.253 e. The van der Waals surface area contributed by atoms with Crippen LogP contribution < -0.4 is 10.6 Å². The summed E-state index contributed by atoms with van der Waals surface area (Å²) in [5, 5.41) is 6.11. The van der Waals surface area contributed by atoms with Crippen LogP contribution in [0, 0.1) is 0 Å². The van der Waals surface area contributed by atoms with Crippen LogP contribution in [0.1, 0.15) is 15.9 Å². The maximum absolute atomic E-state index is 12.1. The molecule has 0 aliphatic carbocycles. The number of carbonyl (C=O) groups is 1. The van der Waals surface area contributed by atoms with Crippen molar-refractivity contribution >= 4 is 11.6 Å². The second-order valence-corrected chi connectivity index (χ2v) is 5.24. The summed E-state index contributed by atoms with van der Waals surface area (Å²) in [6, 6.07) is 5.57. The Balaban J connectivity index is 1.89. The Hall–Kier alpha value is -2.47. The van der Waals surface area contributed by atoms with E-state index in [4.69, 9.17) is 0 Å². The van der Waals surface area contributed by atoms with Crippen LogP contribution in [-0.2, 0) is 6.54 Å². The molecule has 0 aliphatic heterocycles. The molecule has 2 aromatic heterocycles. The molecule has 0 atom stereocenters. The Morgan fingerprint density at radius 2 is 2.09 bits per heavy atom. The number of carbonyl (C=O) groups excluding carboxylic acids is 1. The summed E-state index contributed by atoms with van der Waals surface area (Å²) in [4.78, 5) is 22.4. The van der Waals surface area contributed by atoms with Gasteiger partial charge in [-0.3, -0.25) is 14.8 Å². The van der Waals surface area contributed by atoms with Gasteiger partial charge in [-0.05, 0) is 31.8 Å². The smallest absolute Gasteiger partial charge is 0.253 e. The molecule has 0 unspecified atom stereocenters. The first-order valence-corrected chi connectivity index (χ1v) is 7.16. The van der Waals surface area contributed by atoms with Crippen LogP contribution in [-0.4, -0.2) is 48.0 Å². The zero-order valence-electron chi connectivity index (χ0n) is 12.9. The largest absolute Gasteiger partial charge is 0.382 e. The minimum atomic E-state index is -0.146. The molecule has 2 N–H and O–H groups in total. The van der Waals surface area contributed by atoms with Crippen molar-refractivity contribution in [3.8, 4) is 0 Å². The Morgan fingerprint density at radius 3 is 2.82 bits per heavy atom. The normalized spacial score (nSPS) is 10.5. The third-order valence-electron chi connectivity index (χ3n) is 3.06. The molecule has 116 valence electrons. The first kappa shape index (κ1) is 15.9. The highest BCUT2D eigenvalue weighted by atomic mass is 16.1. The molecule has 2 heterocycles. The molecule has 0 fully saturated rings. The van der Waals surface area contributed by atoms with Crippen molar-refractivity contribution in [2.45, 2.75) is 6.54 Å². The molecule has 2 rings (SSSR count). The first-order valence-electron chi connectivity index (χ1n) is 7.16. The molecule has 0 saturated heterocycles. The van der Waals surface area contributed by atoms with E-state index in [1.54, 1.807) is 30.9 Å². The summed E-state index contributed by atoms with van der Waals surface area (Å²) >= 11 is 0. The molecule has 22 heavy (non-hydrogen) atoms. The number of amides is 1. The number of rotatable bonds is 7. The van der Waals surface area contributed by atoms with E-state index < -0.39 is 0 Å². The molecule has 0 radical (unpaired) electrons. The molecule has 1 amide bonds. The van der Waals surface area contributed by atoms with Gasteiger partial charge in [0.1, 0.15) is 0 Å². The number of nitrogens with zero attached hydrogens (tertiary/aromatic N) is 3. The van der Waals surface area contributed by atoms with Crippen molar-refractivity contribution in [1.82, 2.24) is 20.2 Å². The zero-order valence-corrected chi connectivity index (χ0v) is 12.9. The maximum atomic E-state index is 12.1. The van der Waals surface area contributed by atoms with Crippen LogP contribution in [0.4, 0.5) is 5.69 Å². The molecule has 0 bridgehead atoms. The van der Waals surface area contributed by atoms with Crippen LogP contribution in [0.25, 0.3) is 0 Å². The number of hydrogen-bond donors (Lipinski definition) is 2. The van der Waals surface area contributed by atoms with Crippen molar-refractivity contribution in [3.05, 3.63) is 54.1 Å². The van der Waals surface area contributed by atoms with Gasteiger partial charge in [-0.2, -0.15) is 0 Å². The number of nitrogens with one attached hydrogen (secondary N) is 2. The van der Waals surface area contributed by atoms with E-state index in [0.717, 1.165) is 24.3 Å². The van der Waals surface area contributed by atoms with Crippen LogP contribution in [0.2, 0.25) is 0 Å². The average Bonchev–Trinajstić information content (AvgIpc) is 2.53. The summed E-state index contributed by atoms with van der Waals surface area (Å²) < 4.78 is 0. The van der Waals surface area contributed by atoms with Gasteiger partial charge in [-0.15, -0.1) is 0 Å². The van der Waals surface area contributed by atoms with Crippen LogP contribution in [0.5, 0.6) is 0 Å². The fourth-order valence-electron chi connectivity index (χ4n) is 1.87. The summed E-state index contributed by atoms with van der Waals surface area (Å²) in [6.07, 6.45) is 6.72. The predicted molar refractivity (Wildman–Crippen MR) is 86.7 cm³/mol. The highest BCUT2D eigenvalue weighted by Crippen LogP contribution is 2.08.